The fraction of sp³-hybridized carbons (Fsp3) is 0.200. The molecule has 0 unspecified atom stereocenters. The van der Waals surface area contributed by atoms with Gasteiger partial charge in [0.1, 0.15) is 0 Å². The van der Waals surface area contributed by atoms with Gasteiger partial charge in [0.15, 0.2) is 0 Å². The van der Waals surface area contributed by atoms with Gasteiger partial charge in [0.05, 0.1) is 4.90 Å². The van der Waals surface area contributed by atoms with Gasteiger partial charge in [0.2, 0.25) is 0 Å². The van der Waals surface area contributed by atoms with Crippen LogP contribution >= 0.6 is 0 Å². The van der Waals surface area contributed by atoms with E-state index in [0.29, 0.717) is 10.6 Å². The van der Waals surface area contributed by atoms with Crippen molar-refractivity contribution in [1.82, 2.24) is 0 Å². The van der Waals surface area contributed by atoms with E-state index in [1.54, 1.807) is 18.2 Å². The lowest BCUT2D eigenvalue weighted by Crippen LogP contribution is -2.13. The molecule has 3 rings (SSSR count). The van der Waals surface area contributed by atoms with E-state index in [2.05, 4.69) is 10.0 Å². The Balaban J connectivity index is 1.92. The SMILES string of the molecule is Cc1cccc(NS(=O)(=O)c2ccc3c(c2)CCN3)c1. The monoisotopic (exact) mass is 288 g/mol. The molecule has 0 amide bonds. The molecule has 20 heavy (non-hydrogen) atoms. The van der Waals surface area contributed by atoms with Gasteiger partial charge in [-0.25, -0.2) is 8.42 Å². The number of sulfonamides is 1. The van der Waals surface area contributed by atoms with Crippen molar-refractivity contribution in [2.45, 2.75) is 18.2 Å². The van der Waals surface area contributed by atoms with E-state index in [-0.39, 0.29) is 0 Å². The van der Waals surface area contributed by atoms with Crippen LogP contribution in [0.3, 0.4) is 0 Å². The van der Waals surface area contributed by atoms with Crippen LogP contribution in [-0.4, -0.2) is 15.0 Å². The number of hydrogen-bond acceptors (Lipinski definition) is 3. The third-order valence-corrected chi connectivity index (χ3v) is 4.75. The predicted octanol–water partition coefficient (Wildman–Crippen LogP) is 2.76. The van der Waals surface area contributed by atoms with Crippen molar-refractivity contribution < 1.29 is 8.42 Å². The van der Waals surface area contributed by atoms with Crippen LogP contribution < -0.4 is 10.0 Å². The Labute approximate surface area is 118 Å². The Bertz CT molecular complexity index is 754. The number of fused-ring (bicyclic) bond motifs is 1. The highest BCUT2D eigenvalue weighted by Crippen LogP contribution is 2.26. The molecule has 2 aromatic rings. The van der Waals surface area contributed by atoms with E-state index >= 15 is 0 Å². The van der Waals surface area contributed by atoms with Gasteiger partial charge in [-0.2, -0.15) is 0 Å². The standard InChI is InChI=1S/C15H16N2O2S/c1-11-3-2-4-13(9-11)17-20(18,19)14-5-6-15-12(10-14)7-8-16-15/h2-6,9-10,16-17H,7-8H2,1H3. The van der Waals surface area contributed by atoms with Gasteiger partial charge in [-0.1, -0.05) is 12.1 Å². The fourth-order valence-corrected chi connectivity index (χ4v) is 3.47. The second kappa shape index (κ2) is 4.83. The number of anilines is 2. The topological polar surface area (TPSA) is 58.2 Å². The first kappa shape index (κ1) is 13.0. The van der Waals surface area contributed by atoms with Crippen LogP contribution in [0.1, 0.15) is 11.1 Å². The van der Waals surface area contributed by atoms with Crippen LogP contribution in [0.25, 0.3) is 0 Å². The van der Waals surface area contributed by atoms with E-state index in [1.165, 1.54) is 0 Å². The summed E-state index contributed by atoms with van der Waals surface area (Å²) < 4.78 is 27.4. The van der Waals surface area contributed by atoms with Crippen molar-refractivity contribution in [3.8, 4) is 0 Å². The zero-order chi connectivity index (χ0) is 14.2. The summed E-state index contributed by atoms with van der Waals surface area (Å²) in [6, 6.07) is 12.5. The van der Waals surface area contributed by atoms with Gasteiger partial charge >= 0.3 is 0 Å². The van der Waals surface area contributed by atoms with Crippen molar-refractivity contribution in [1.29, 1.82) is 0 Å². The number of benzene rings is 2. The highest BCUT2D eigenvalue weighted by molar-refractivity contribution is 7.92. The summed E-state index contributed by atoms with van der Waals surface area (Å²) >= 11 is 0. The molecule has 1 aliphatic rings. The van der Waals surface area contributed by atoms with Crippen molar-refractivity contribution in [2.75, 3.05) is 16.6 Å². The average molecular weight is 288 g/mol. The second-order valence-corrected chi connectivity index (χ2v) is 6.65. The van der Waals surface area contributed by atoms with Crippen molar-refractivity contribution >= 4 is 21.4 Å². The predicted molar refractivity (Wildman–Crippen MR) is 80.6 cm³/mol. The number of nitrogens with one attached hydrogen (secondary N) is 2. The smallest absolute Gasteiger partial charge is 0.261 e. The molecule has 2 aromatic carbocycles. The molecular formula is C15H16N2O2S. The van der Waals surface area contributed by atoms with Crippen molar-refractivity contribution in [2.24, 2.45) is 0 Å². The first-order chi connectivity index (χ1) is 9.54. The van der Waals surface area contributed by atoms with Crippen LogP contribution in [0.15, 0.2) is 47.4 Å². The normalized spacial score (nSPS) is 13.7. The lowest BCUT2D eigenvalue weighted by Gasteiger charge is -2.10. The Morgan fingerprint density at radius 3 is 2.80 bits per heavy atom. The molecule has 2 N–H and O–H groups in total. The van der Waals surface area contributed by atoms with Crippen LogP contribution in [0.5, 0.6) is 0 Å². The zero-order valence-electron chi connectivity index (χ0n) is 11.2. The summed E-state index contributed by atoms with van der Waals surface area (Å²) in [4.78, 5) is 0.307. The fourth-order valence-electron chi connectivity index (χ4n) is 2.37. The summed E-state index contributed by atoms with van der Waals surface area (Å²) in [7, 11) is -3.53. The molecule has 0 radical (unpaired) electrons. The van der Waals surface area contributed by atoms with E-state index < -0.39 is 10.0 Å². The summed E-state index contributed by atoms with van der Waals surface area (Å²) in [6.07, 6.45) is 0.864. The van der Waals surface area contributed by atoms with Crippen LogP contribution in [-0.2, 0) is 16.4 Å². The Kier molecular flexibility index (Phi) is 3.14. The highest BCUT2D eigenvalue weighted by Gasteiger charge is 2.18. The Morgan fingerprint density at radius 2 is 2.00 bits per heavy atom. The molecule has 104 valence electrons. The van der Waals surface area contributed by atoms with Crippen LogP contribution in [0.2, 0.25) is 0 Å². The molecule has 5 heteroatoms. The van der Waals surface area contributed by atoms with E-state index in [4.69, 9.17) is 0 Å². The zero-order valence-corrected chi connectivity index (χ0v) is 12.0. The Hall–Kier alpha value is -2.01. The number of hydrogen-bond donors (Lipinski definition) is 2. The molecule has 1 heterocycles. The van der Waals surface area contributed by atoms with E-state index in [1.807, 2.05) is 31.2 Å². The van der Waals surface area contributed by atoms with Gasteiger partial charge in [0, 0.05) is 17.9 Å². The Morgan fingerprint density at radius 1 is 1.15 bits per heavy atom. The van der Waals surface area contributed by atoms with Crippen molar-refractivity contribution in [3.63, 3.8) is 0 Å². The molecular weight excluding hydrogens is 272 g/mol. The third-order valence-electron chi connectivity index (χ3n) is 3.37. The molecule has 4 nitrogen and oxygen atoms in total. The molecule has 0 spiro atoms. The minimum atomic E-state index is -3.53. The first-order valence-corrected chi connectivity index (χ1v) is 7.99. The molecule has 0 bridgehead atoms. The largest absolute Gasteiger partial charge is 0.384 e. The molecule has 0 aromatic heterocycles. The number of rotatable bonds is 3. The first-order valence-electron chi connectivity index (χ1n) is 6.51. The summed E-state index contributed by atoms with van der Waals surface area (Å²) in [5.74, 6) is 0. The quantitative estimate of drug-likeness (QED) is 0.913. The summed E-state index contributed by atoms with van der Waals surface area (Å²) in [5.41, 5.74) is 3.68. The van der Waals surface area contributed by atoms with Crippen LogP contribution in [0, 0.1) is 6.92 Å². The molecule has 0 aliphatic carbocycles. The van der Waals surface area contributed by atoms with E-state index in [0.717, 1.165) is 29.8 Å². The lowest BCUT2D eigenvalue weighted by atomic mass is 10.2. The minimum absolute atomic E-state index is 0.307. The third kappa shape index (κ3) is 2.49. The van der Waals surface area contributed by atoms with Gasteiger partial charge in [-0.05, 0) is 54.8 Å². The lowest BCUT2D eigenvalue weighted by molar-refractivity contribution is 0.601. The van der Waals surface area contributed by atoms with Gasteiger partial charge in [0.25, 0.3) is 10.0 Å². The maximum absolute atomic E-state index is 12.4. The van der Waals surface area contributed by atoms with Crippen molar-refractivity contribution in [3.05, 3.63) is 53.6 Å². The van der Waals surface area contributed by atoms with Gasteiger partial charge in [-0.3, -0.25) is 4.72 Å². The average Bonchev–Trinajstić information content (AvgIpc) is 2.85. The highest BCUT2D eigenvalue weighted by atomic mass is 32.2. The summed E-state index contributed by atoms with van der Waals surface area (Å²) in [5, 5.41) is 3.22. The van der Waals surface area contributed by atoms with E-state index in [9.17, 15) is 8.42 Å². The van der Waals surface area contributed by atoms with Gasteiger partial charge in [-0.15, -0.1) is 0 Å². The molecule has 0 saturated carbocycles. The van der Waals surface area contributed by atoms with Gasteiger partial charge < -0.3 is 5.32 Å². The molecule has 0 saturated heterocycles. The van der Waals surface area contributed by atoms with Crippen LogP contribution in [0.4, 0.5) is 11.4 Å². The second-order valence-electron chi connectivity index (χ2n) is 4.97. The number of aryl methyl sites for hydroxylation is 1. The molecule has 0 fully saturated rings. The minimum Gasteiger partial charge on any atom is -0.384 e. The maximum atomic E-state index is 12.4. The summed E-state index contributed by atoms with van der Waals surface area (Å²) in [6.45, 7) is 2.79. The molecule has 1 aliphatic heterocycles. The maximum Gasteiger partial charge on any atom is 0.261 e. The molecule has 0 atom stereocenters.